The largest absolute Gasteiger partial charge is 0.573 e. The number of rotatable bonds is 12. The summed E-state index contributed by atoms with van der Waals surface area (Å²) < 4.78 is 68.4. The number of nitrogens with one attached hydrogen (secondary N) is 1. The van der Waals surface area contributed by atoms with Gasteiger partial charge in [-0.2, -0.15) is 0 Å². The standard InChI is InChI=1S/C23H22F5N3O.C9H20/c1-14(2)21(13-30-16(4)29-12-17-9-10-19(24)20(25)11-17)31-15(3)18-7-5-6-8-22(18)32-23(26,27)28;1-4-7-8-9(5-2)6-3/h5-11,13H,1,12H2,2-4H3,(H,29,30);9H,4-8H2,1-3H3/b21-13+,31-15?;. The van der Waals surface area contributed by atoms with Gasteiger partial charge in [-0.05, 0) is 62.1 Å². The van der Waals surface area contributed by atoms with Gasteiger partial charge in [0.15, 0.2) is 11.6 Å². The minimum absolute atomic E-state index is 0.122. The van der Waals surface area contributed by atoms with E-state index in [9.17, 15) is 22.0 Å². The van der Waals surface area contributed by atoms with Crippen molar-refractivity contribution in [1.82, 2.24) is 5.32 Å². The van der Waals surface area contributed by atoms with Crippen LogP contribution in [0.1, 0.15) is 84.8 Å². The van der Waals surface area contributed by atoms with Crippen LogP contribution in [0.3, 0.4) is 0 Å². The summed E-state index contributed by atoms with van der Waals surface area (Å²) in [7, 11) is 0. The van der Waals surface area contributed by atoms with E-state index in [4.69, 9.17) is 0 Å². The van der Waals surface area contributed by atoms with E-state index in [1.54, 1.807) is 26.8 Å². The maximum Gasteiger partial charge on any atom is 0.573 e. The zero-order valence-corrected chi connectivity index (χ0v) is 24.8. The predicted molar refractivity (Wildman–Crippen MR) is 158 cm³/mol. The first-order valence-electron chi connectivity index (χ1n) is 13.8. The number of hydrogen-bond acceptors (Lipinski definition) is 3. The quantitative estimate of drug-likeness (QED) is 0.118. The van der Waals surface area contributed by atoms with E-state index in [2.05, 4.69) is 47.4 Å². The molecule has 4 nitrogen and oxygen atoms in total. The molecule has 226 valence electrons. The van der Waals surface area contributed by atoms with E-state index in [1.807, 2.05) is 0 Å². The smallest absolute Gasteiger partial charge is 0.405 e. The van der Waals surface area contributed by atoms with Gasteiger partial charge in [-0.3, -0.25) is 9.98 Å². The van der Waals surface area contributed by atoms with Crippen LogP contribution < -0.4 is 10.1 Å². The van der Waals surface area contributed by atoms with Crippen LogP contribution in [-0.4, -0.2) is 17.9 Å². The topological polar surface area (TPSA) is 46.0 Å². The number of aliphatic imine (C=N–C) groups is 2. The summed E-state index contributed by atoms with van der Waals surface area (Å²) in [4.78, 5) is 8.61. The van der Waals surface area contributed by atoms with Crippen molar-refractivity contribution >= 4 is 11.5 Å². The van der Waals surface area contributed by atoms with Crippen LogP contribution in [0.4, 0.5) is 22.0 Å². The molecule has 0 fully saturated rings. The van der Waals surface area contributed by atoms with Gasteiger partial charge >= 0.3 is 6.36 Å². The lowest BCUT2D eigenvalue weighted by molar-refractivity contribution is -0.274. The molecule has 0 saturated carbocycles. The average Bonchev–Trinajstić information content (AvgIpc) is 2.91. The SMILES string of the molecule is C=C(C)/C(=C\NC(C)=NCc1ccc(F)c(F)c1)N=C(C)c1ccccc1OC(F)(F)F.CCCCC(CC)CC. The minimum atomic E-state index is -4.83. The fourth-order valence-electron chi connectivity index (χ4n) is 3.73. The van der Waals surface area contributed by atoms with Gasteiger partial charge < -0.3 is 10.1 Å². The van der Waals surface area contributed by atoms with Crippen molar-refractivity contribution in [3.8, 4) is 5.75 Å². The van der Waals surface area contributed by atoms with Gasteiger partial charge in [0.25, 0.3) is 0 Å². The van der Waals surface area contributed by atoms with Gasteiger partial charge in [-0.25, -0.2) is 8.78 Å². The number of benzene rings is 2. The molecule has 0 aliphatic carbocycles. The molecular formula is C32H42F5N3O. The second-order valence-electron chi connectivity index (χ2n) is 9.67. The van der Waals surface area contributed by atoms with Crippen LogP contribution in [0.2, 0.25) is 0 Å². The number of allylic oxidation sites excluding steroid dienone is 1. The van der Waals surface area contributed by atoms with Crippen LogP contribution in [-0.2, 0) is 6.54 Å². The van der Waals surface area contributed by atoms with Crippen molar-refractivity contribution < 1.29 is 26.7 Å². The number of amidine groups is 1. The Bertz CT molecular complexity index is 1200. The Kier molecular flexibility index (Phi) is 15.6. The second-order valence-corrected chi connectivity index (χ2v) is 9.67. The van der Waals surface area contributed by atoms with E-state index >= 15 is 0 Å². The van der Waals surface area contributed by atoms with Gasteiger partial charge in [0.05, 0.1) is 18.1 Å². The van der Waals surface area contributed by atoms with Crippen LogP contribution in [0.5, 0.6) is 5.75 Å². The Labute approximate surface area is 241 Å². The molecule has 2 rings (SSSR count). The highest BCUT2D eigenvalue weighted by Gasteiger charge is 2.32. The highest BCUT2D eigenvalue weighted by molar-refractivity contribution is 6.01. The summed E-state index contributed by atoms with van der Waals surface area (Å²) in [5, 5.41) is 2.91. The Hall–Kier alpha value is -3.49. The molecule has 0 aliphatic heterocycles. The molecule has 2 aromatic rings. The van der Waals surface area contributed by atoms with E-state index in [0.717, 1.165) is 18.1 Å². The molecule has 0 amide bonds. The van der Waals surface area contributed by atoms with Gasteiger partial charge in [0.2, 0.25) is 0 Å². The zero-order chi connectivity index (χ0) is 31.0. The summed E-state index contributed by atoms with van der Waals surface area (Å²) in [6.45, 7) is 15.7. The lowest BCUT2D eigenvalue weighted by Gasteiger charge is -2.13. The number of ether oxygens (including phenoxy) is 1. The second kappa shape index (κ2) is 18.0. The third-order valence-corrected chi connectivity index (χ3v) is 6.25. The lowest BCUT2D eigenvalue weighted by atomic mass is 9.97. The van der Waals surface area contributed by atoms with Gasteiger partial charge in [0, 0.05) is 17.5 Å². The predicted octanol–water partition coefficient (Wildman–Crippen LogP) is 9.91. The number of hydrogen-bond donors (Lipinski definition) is 1. The first kappa shape index (κ1) is 35.5. The number of para-hydroxylation sites is 1. The highest BCUT2D eigenvalue weighted by Crippen LogP contribution is 2.27. The summed E-state index contributed by atoms with van der Waals surface area (Å²) in [5.41, 5.74) is 1.90. The third kappa shape index (κ3) is 14.1. The summed E-state index contributed by atoms with van der Waals surface area (Å²) >= 11 is 0. The van der Waals surface area contributed by atoms with Gasteiger partial charge in [-0.1, -0.05) is 77.7 Å². The number of nitrogens with zero attached hydrogens (tertiary/aromatic N) is 2. The number of alkyl halides is 3. The molecule has 9 heteroatoms. The van der Waals surface area contributed by atoms with E-state index in [1.165, 1.54) is 62.6 Å². The van der Waals surface area contributed by atoms with Crippen molar-refractivity contribution in [2.75, 3.05) is 0 Å². The molecule has 0 aliphatic rings. The minimum Gasteiger partial charge on any atom is -0.405 e. The Morgan fingerprint density at radius 1 is 1.00 bits per heavy atom. The first-order chi connectivity index (χ1) is 19.3. The van der Waals surface area contributed by atoms with Crippen LogP contribution in [0, 0.1) is 17.6 Å². The van der Waals surface area contributed by atoms with Crippen molar-refractivity contribution in [2.45, 2.75) is 86.6 Å². The van der Waals surface area contributed by atoms with Crippen molar-refractivity contribution in [2.24, 2.45) is 15.9 Å². The van der Waals surface area contributed by atoms with Crippen LogP contribution in [0.25, 0.3) is 0 Å². The van der Waals surface area contributed by atoms with Crippen molar-refractivity contribution in [1.29, 1.82) is 0 Å². The molecule has 0 unspecified atom stereocenters. The summed E-state index contributed by atoms with van der Waals surface area (Å²) in [5.74, 6) is -0.781. The van der Waals surface area contributed by atoms with Crippen molar-refractivity contribution in [3.05, 3.63) is 89.3 Å². The molecule has 0 spiro atoms. The normalized spacial score (nSPS) is 12.6. The molecule has 41 heavy (non-hydrogen) atoms. The molecule has 0 atom stereocenters. The highest BCUT2D eigenvalue weighted by atomic mass is 19.4. The zero-order valence-electron chi connectivity index (χ0n) is 24.8. The summed E-state index contributed by atoms with van der Waals surface area (Å²) in [6.07, 6.45) is 3.65. The molecule has 0 aromatic heterocycles. The lowest BCUT2D eigenvalue weighted by Crippen LogP contribution is -2.19. The van der Waals surface area contributed by atoms with Crippen molar-refractivity contribution in [3.63, 3.8) is 0 Å². The Morgan fingerprint density at radius 2 is 1.66 bits per heavy atom. The molecular weight excluding hydrogens is 537 g/mol. The third-order valence-electron chi connectivity index (χ3n) is 6.25. The fraction of sp³-hybridized carbons (Fsp3) is 0.438. The molecule has 0 radical (unpaired) electrons. The van der Waals surface area contributed by atoms with E-state index in [0.29, 0.717) is 22.7 Å². The summed E-state index contributed by atoms with van der Waals surface area (Å²) in [6, 6.07) is 9.21. The monoisotopic (exact) mass is 579 g/mol. The maximum atomic E-state index is 13.3. The molecule has 1 N–H and O–H groups in total. The van der Waals surface area contributed by atoms with Gasteiger partial charge in [-0.15, -0.1) is 13.2 Å². The van der Waals surface area contributed by atoms with E-state index < -0.39 is 18.0 Å². The molecule has 0 saturated heterocycles. The van der Waals surface area contributed by atoms with Crippen LogP contribution in [0.15, 0.2) is 76.5 Å². The maximum absolute atomic E-state index is 13.3. The number of halogens is 5. The molecule has 0 bridgehead atoms. The Balaban J connectivity index is 0.000000803. The number of unbranched alkanes of at least 4 members (excludes halogenated alkanes) is 1. The molecule has 0 heterocycles. The first-order valence-corrected chi connectivity index (χ1v) is 13.8. The fourth-order valence-corrected chi connectivity index (χ4v) is 3.73. The average molecular weight is 580 g/mol. The molecule has 2 aromatic carbocycles. The van der Waals surface area contributed by atoms with E-state index in [-0.39, 0.29) is 23.6 Å². The Morgan fingerprint density at radius 3 is 2.22 bits per heavy atom. The van der Waals surface area contributed by atoms with Crippen LogP contribution >= 0.6 is 0 Å². The van der Waals surface area contributed by atoms with Gasteiger partial charge in [0.1, 0.15) is 5.75 Å².